The lowest BCUT2D eigenvalue weighted by atomic mass is 10.1. The van der Waals surface area contributed by atoms with Crippen molar-refractivity contribution in [1.29, 1.82) is 0 Å². The number of ether oxygens (including phenoxy) is 2. The van der Waals surface area contributed by atoms with Crippen LogP contribution in [0.2, 0.25) is 0 Å². The average molecular weight is 730 g/mol. The van der Waals surface area contributed by atoms with Gasteiger partial charge in [-0.1, -0.05) is 127 Å². The predicted molar refractivity (Wildman–Crippen MR) is 203 cm³/mol. The molecule has 0 heterocycles. The summed E-state index contributed by atoms with van der Waals surface area (Å²) in [7, 11) is -4.61. The molecule has 3 atom stereocenters. The highest BCUT2D eigenvalue weighted by Gasteiger charge is 2.27. The van der Waals surface area contributed by atoms with E-state index in [-0.39, 0.29) is 13.0 Å². The summed E-state index contributed by atoms with van der Waals surface area (Å²) in [5.41, 5.74) is 5.33. The van der Waals surface area contributed by atoms with Crippen LogP contribution in [0.15, 0.2) is 36.5 Å². The van der Waals surface area contributed by atoms with Gasteiger partial charge in [0, 0.05) is 13.0 Å². The highest BCUT2D eigenvalue weighted by Crippen LogP contribution is 2.43. The summed E-state index contributed by atoms with van der Waals surface area (Å²) in [6.07, 6.45) is 37.7. The van der Waals surface area contributed by atoms with Crippen LogP contribution in [-0.2, 0) is 32.7 Å². The van der Waals surface area contributed by atoms with Gasteiger partial charge in [0.15, 0.2) is 0 Å². The summed E-state index contributed by atoms with van der Waals surface area (Å²) < 4.78 is 33.2. The zero-order valence-electron chi connectivity index (χ0n) is 31.5. The first-order chi connectivity index (χ1) is 24.2. The van der Waals surface area contributed by atoms with Crippen molar-refractivity contribution in [3.63, 3.8) is 0 Å². The Morgan fingerprint density at radius 1 is 0.640 bits per heavy atom. The van der Waals surface area contributed by atoms with Gasteiger partial charge in [0.2, 0.25) is 0 Å². The quantitative estimate of drug-likeness (QED) is 0.0243. The van der Waals surface area contributed by atoms with Crippen molar-refractivity contribution >= 4 is 19.8 Å². The smallest absolute Gasteiger partial charge is 0.472 e. The first kappa shape index (κ1) is 48.2. The average Bonchev–Trinajstić information content (AvgIpc) is 3.09. The van der Waals surface area contributed by atoms with Gasteiger partial charge < -0.3 is 25.2 Å². The molecule has 0 rings (SSSR count). The van der Waals surface area contributed by atoms with E-state index in [1.165, 1.54) is 64.2 Å². The Bertz CT molecular complexity index is 941. The van der Waals surface area contributed by atoms with E-state index in [1.807, 2.05) is 0 Å². The summed E-state index contributed by atoms with van der Waals surface area (Å²) in [5.74, 6) is -1.80. The van der Waals surface area contributed by atoms with Gasteiger partial charge in [0.1, 0.15) is 12.1 Å². The molecule has 11 heteroatoms. The van der Waals surface area contributed by atoms with Crippen LogP contribution in [0.5, 0.6) is 0 Å². The molecule has 0 amide bonds. The molecule has 0 saturated heterocycles. The molecule has 0 saturated carbocycles. The molecule has 50 heavy (non-hydrogen) atoms. The number of rotatable bonds is 37. The third-order valence-corrected chi connectivity index (χ3v) is 9.09. The molecule has 292 valence electrons. The minimum atomic E-state index is -4.61. The first-order valence-corrected chi connectivity index (χ1v) is 21.0. The number of esters is 1. The van der Waals surface area contributed by atoms with Gasteiger partial charge in [0.05, 0.1) is 19.8 Å². The van der Waals surface area contributed by atoms with E-state index in [9.17, 15) is 19.0 Å². The molecule has 3 unspecified atom stereocenters. The van der Waals surface area contributed by atoms with Gasteiger partial charge in [-0.05, 0) is 64.2 Å². The SMILES string of the molecule is CCCC/C=C\CCCCCCCC(=O)OC(COCCCCCCCC/C=C\C/C=C\CCCCCC)COP(=O)(O)OCC(N)C(=O)O. The van der Waals surface area contributed by atoms with E-state index in [0.717, 1.165) is 70.6 Å². The lowest BCUT2D eigenvalue weighted by Crippen LogP contribution is -2.34. The van der Waals surface area contributed by atoms with E-state index in [4.69, 9.17) is 24.8 Å². The van der Waals surface area contributed by atoms with Crippen molar-refractivity contribution in [3.8, 4) is 0 Å². The molecule has 0 bridgehead atoms. The van der Waals surface area contributed by atoms with Gasteiger partial charge in [-0.2, -0.15) is 0 Å². The monoisotopic (exact) mass is 729 g/mol. The number of allylic oxidation sites excluding steroid dienone is 6. The number of hydrogen-bond donors (Lipinski definition) is 3. The fraction of sp³-hybridized carbons (Fsp3) is 0.795. The maximum atomic E-state index is 12.5. The number of carbonyl (C=O) groups is 2. The number of carboxylic acid groups (broad SMARTS) is 1. The Labute approximate surface area is 304 Å². The molecule has 4 N–H and O–H groups in total. The number of phosphoric acid groups is 1. The van der Waals surface area contributed by atoms with E-state index in [1.54, 1.807) is 0 Å². The van der Waals surface area contributed by atoms with E-state index in [2.05, 4.69) is 54.8 Å². The summed E-state index contributed by atoms with van der Waals surface area (Å²) in [4.78, 5) is 33.4. The third-order valence-electron chi connectivity index (χ3n) is 8.14. The Balaban J connectivity index is 4.30. The third kappa shape index (κ3) is 34.6. The standard InChI is InChI=1S/C39H72NO9P/c1-3-5-7-9-11-13-15-16-17-18-19-20-22-24-26-28-30-32-46-33-36(34-47-50(44,45)48-35-37(40)39(42)43)49-38(41)31-29-27-25-23-21-14-12-10-8-6-4-2/h10,12-13,15,17-18,36-37H,3-9,11,14,16,19-35,40H2,1-2H3,(H,42,43)(H,44,45)/b12-10-,15-13-,18-17-. The molecule has 0 spiro atoms. The van der Waals surface area contributed by atoms with Crippen LogP contribution in [0.25, 0.3) is 0 Å². The fourth-order valence-corrected chi connectivity index (χ4v) is 5.80. The normalized spacial score (nSPS) is 14.5. The zero-order valence-corrected chi connectivity index (χ0v) is 32.4. The van der Waals surface area contributed by atoms with Crippen molar-refractivity contribution in [3.05, 3.63) is 36.5 Å². The molecule has 0 fully saturated rings. The van der Waals surface area contributed by atoms with Gasteiger partial charge >= 0.3 is 19.8 Å². The van der Waals surface area contributed by atoms with Crippen molar-refractivity contribution in [2.75, 3.05) is 26.4 Å². The Hall–Kier alpha value is -1.81. The second-order valence-electron chi connectivity index (χ2n) is 13.0. The molecule has 0 aliphatic carbocycles. The van der Waals surface area contributed by atoms with Crippen LogP contribution in [0.4, 0.5) is 0 Å². The lowest BCUT2D eigenvalue weighted by molar-refractivity contribution is -0.154. The van der Waals surface area contributed by atoms with Crippen LogP contribution in [0.1, 0.15) is 162 Å². The van der Waals surface area contributed by atoms with E-state index < -0.39 is 45.1 Å². The molecular formula is C39H72NO9P. The minimum Gasteiger partial charge on any atom is -0.480 e. The van der Waals surface area contributed by atoms with Crippen LogP contribution in [0.3, 0.4) is 0 Å². The Morgan fingerprint density at radius 2 is 1.12 bits per heavy atom. The minimum absolute atomic E-state index is 0.00648. The number of phosphoric ester groups is 1. The molecular weight excluding hydrogens is 657 g/mol. The maximum Gasteiger partial charge on any atom is 0.472 e. The summed E-state index contributed by atoms with van der Waals surface area (Å²) in [6, 6.07) is -1.47. The van der Waals surface area contributed by atoms with Crippen LogP contribution in [-0.4, -0.2) is 60.5 Å². The first-order valence-electron chi connectivity index (χ1n) is 19.5. The molecule has 0 aromatic heterocycles. The highest BCUT2D eigenvalue weighted by atomic mass is 31.2. The molecule has 10 nitrogen and oxygen atoms in total. The number of unbranched alkanes of at least 4 members (excludes halogenated alkanes) is 17. The lowest BCUT2D eigenvalue weighted by Gasteiger charge is -2.20. The number of hydrogen-bond acceptors (Lipinski definition) is 8. The molecule has 0 aromatic rings. The molecule has 0 radical (unpaired) electrons. The number of aliphatic carboxylic acids is 1. The highest BCUT2D eigenvalue weighted by molar-refractivity contribution is 7.47. The largest absolute Gasteiger partial charge is 0.480 e. The van der Waals surface area contributed by atoms with E-state index in [0.29, 0.717) is 13.0 Å². The van der Waals surface area contributed by atoms with Crippen LogP contribution >= 0.6 is 7.82 Å². The van der Waals surface area contributed by atoms with Gasteiger partial charge in [-0.15, -0.1) is 0 Å². The number of carbonyl (C=O) groups excluding carboxylic acids is 1. The van der Waals surface area contributed by atoms with Crippen LogP contribution in [0, 0.1) is 0 Å². The Morgan fingerprint density at radius 3 is 1.70 bits per heavy atom. The fourth-order valence-electron chi connectivity index (χ4n) is 5.02. The summed E-state index contributed by atoms with van der Waals surface area (Å²) in [5, 5.41) is 8.86. The topological polar surface area (TPSA) is 155 Å². The van der Waals surface area contributed by atoms with Crippen molar-refractivity contribution < 1.29 is 42.7 Å². The maximum absolute atomic E-state index is 12.5. The van der Waals surface area contributed by atoms with E-state index >= 15 is 0 Å². The van der Waals surface area contributed by atoms with Crippen LogP contribution < -0.4 is 5.73 Å². The van der Waals surface area contributed by atoms with Crippen molar-refractivity contribution in [2.24, 2.45) is 5.73 Å². The number of carboxylic acids is 1. The zero-order chi connectivity index (χ0) is 37.0. The van der Waals surface area contributed by atoms with Gasteiger partial charge in [-0.3, -0.25) is 18.6 Å². The second kappa shape index (κ2) is 35.6. The van der Waals surface area contributed by atoms with Gasteiger partial charge in [0.25, 0.3) is 0 Å². The summed E-state index contributed by atoms with van der Waals surface area (Å²) >= 11 is 0. The van der Waals surface area contributed by atoms with Gasteiger partial charge in [-0.25, -0.2) is 4.57 Å². The summed E-state index contributed by atoms with van der Waals surface area (Å²) in [6.45, 7) is 3.77. The molecule has 0 aromatic carbocycles. The molecule has 0 aliphatic heterocycles. The van der Waals surface area contributed by atoms with Crippen molar-refractivity contribution in [1.82, 2.24) is 0 Å². The predicted octanol–water partition coefficient (Wildman–Crippen LogP) is 10.1. The second-order valence-corrected chi connectivity index (χ2v) is 14.5. The molecule has 0 aliphatic rings. The number of nitrogens with two attached hydrogens (primary N) is 1. The van der Waals surface area contributed by atoms with Crippen molar-refractivity contribution in [2.45, 2.75) is 174 Å². The Kier molecular flexibility index (Phi) is 34.3.